The zero-order chi connectivity index (χ0) is 18.6. The van der Waals surface area contributed by atoms with E-state index in [9.17, 15) is 12.8 Å². The predicted octanol–water partition coefficient (Wildman–Crippen LogP) is 3.46. The van der Waals surface area contributed by atoms with Gasteiger partial charge in [0.1, 0.15) is 16.6 Å². The number of nitrogens with zero attached hydrogens (tertiary/aromatic N) is 1. The van der Waals surface area contributed by atoms with E-state index in [2.05, 4.69) is 5.10 Å². The fourth-order valence-corrected chi connectivity index (χ4v) is 3.42. The Hall–Kier alpha value is -2.03. The maximum Gasteiger partial charge on any atom is 0.276 e. The van der Waals surface area contributed by atoms with Gasteiger partial charge in [-0.05, 0) is 30.3 Å². The Morgan fingerprint density at radius 1 is 1.12 bits per heavy atom. The molecule has 0 aliphatic rings. The highest BCUT2D eigenvalue weighted by atomic mass is 35.5. The molecule has 2 rings (SSSR count). The Kier molecular flexibility index (Phi) is 6.10. The van der Waals surface area contributed by atoms with Crippen molar-refractivity contribution >= 4 is 39.4 Å². The van der Waals surface area contributed by atoms with Gasteiger partial charge in [-0.25, -0.2) is 9.22 Å². The number of sulfonamides is 1. The predicted molar refractivity (Wildman–Crippen MR) is 93.9 cm³/mol. The second-order valence-electron chi connectivity index (χ2n) is 4.63. The van der Waals surface area contributed by atoms with Crippen molar-refractivity contribution in [3.63, 3.8) is 0 Å². The lowest BCUT2D eigenvalue weighted by molar-refractivity contribution is 0.394. The summed E-state index contributed by atoms with van der Waals surface area (Å²) >= 11 is 12.2. The van der Waals surface area contributed by atoms with Crippen LogP contribution in [0.4, 0.5) is 4.39 Å². The van der Waals surface area contributed by atoms with Crippen molar-refractivity contribution in [3.05, 3.63) is 51.8 Å². The average Bonchev–Trinajstić information content (AvgIpc) is 2.55. The third-order valence-corrected chi connectivity index (χ3v) is 4.93. The number of nitrogens with one attached hydrogen (secondary N) is 1. The number of hydrogen-bond acceptors (Lipinski definition) is 5. The monoisotopic (exact) mass is 406 g/mol. The van der Waals surface area contributed by atoms with Gasteiger partial charge in [0.05, 0.1) is 30.4 Å². The maximum atomic E-state index is 12.9. The number of rotatable bonds is 6. The molecule has 0 atom stereocenters. The molecule has 0 unspecified atom stereocenters. The average molecular weight is 407 g/mol. The van der Waals surface area contributed by atoms with Crippen LogP contribution in [0.1, 0.15) is 5.56 Å². The lowest BCUT2D eigenvalue weighted by Crippen LogP contribution is -2.18. The molecule has 0 amide bonds. The van der Waals surface area contributed by atoms with Gasteiger partial charge in [-0.15, -0.1) is 0 Å². The van der Waals surface area contributed by atoms with Crippen molar-refractivity contribution in [1.29, 1.82) is 0 Å². The first-order valence-electron chi connectivity index (χ1n) is 6.70. The summed E-state index contributed by atoms with van der Waals surface area (Å²) in [6.45, 7) is 0. The van der Waals surface area contributed by atoms with Crippen LogP contribution < -0.4 is 14.3 Å². The van der Waals surface area contributed by atoms with Crippen molar-refractivity contribution in [3.8, 4) is 11.5 Å². The number of benzene rings is 2. The van der Waals surface area contributed by atoms with E-state index >= 15 is 0 Å². The van der Waals surface area contributed by atoms with E-state index in [1.165, 1.54) is 26.5 Å². The molecule has 0 radical (unpaired) electrons. The molecule has 0 aliphatic heterocycles. The fraction of sp³-hybridized carbons (Fsp3) is 0.133. The molecule has 0 saturated carbocycles. The van der Waals surface area contributed by atoms with Gasteiger partial charge in [-0.3, -0.25) is 0 Å². The first-order valence-corrected chi connectivity index (χ1v) is 8.94. The SMILES string of the molecule is COc1c(Cl)cc(/C=N/NS(=O)(=O)c2ccc(F)cc2)c(OC)c1Cl. The van der Waals surface area contributed by atoms with E-state index in [0.717, 1.165) is 24.3 Å². The van der Waals surface area contributed by atoms with E-state index in [1.807, 2.05) is 4.83 Å². The van der Waals surface area contributed by atoms with Gasteiger partial charge < -0.3 is 9.47 Å². The van der Waals surface area contributed by atoms with E-state index in [1.54, 1.807) is 0 Å². The summed E-state index contributed by atoms with van der Waals surface area (Å²) < 4.78 is 47.3. The van der Waals surface area contributed by atoms with Crippen LogP contribution in [0.2, 0.25) is 10.0 Å². The zero-order valence-corrected chi connectivity index (χ0v) is 15.4. The molecule has 0 saturated heterocycles. The van der Waals surface area contributed by atoms with Gasteiger partial charge in [0, 0.05) is 5.56 Å². The molecule has 10 heteroatoms. The molecule has 0 aromatic heterocycles. The van der Waals surface area contributed by atoms with Crippen molar-refractivity contribution in [2.24, 2.45) is 5.10 Å². The minimum atomic E-state index is -3.95. The molecule has 1 N–H and O–H groups in total. The second-order valence-corrected chi connectivity index (χ2v) is 7.08. The van der Waals surface area contributed by atoms with Crippen LogP contribution in [0, 0.1) is 5.82 Å². The van der Waals surface area contributed by atoms with E-state index in [-0.39, 0.29) is 26.4 Å². The van der Waals surface area contributed by atoms with E-state index in [4.69, 9.17) is 32.7 Å². The van der Waals surface area contributed by atoms with Crippen molar-refractivity contribution < 1.29 is 22.3 Å². The number of hydrogen-bond donors (Lipinski definition) is 1. The van der Waals surface area contributed by atoms with Gasteiger partial charge in [0.25, 0.3) is 10.0 Å². The largest absolute Gasteiger partial charge is 0.494 e. The van der Waals surface area contributed by atoms with Crippen LogP contribution in [-0.2, 0) is 10.0 Å². The molecule has 0 heterocycles. The molecule has 6 nitrogen and oxygen atoms in total. The first kappa shape index (κ1) is 19.3. The highest BCUT2D eigenvalue weighted by Gasteiger charge is 2.17. The van der Waals surface area contributed by atoms with Crippen molar-refractivity contribution in [1.82, 2.24) is 4.83 Å². The number of halogens is 3. The molecular formula is C15H13Cl2FN2O4S. The lowest BCUT2D eigenvalue weighted by atomic mass is 10.2. The number of methoxy groups -OCH3 is 2. The van der Waals surface area contributed by atoms with Gasteiger partial charge in [-0.2, -0.15) is 13.5 Å². The summed E-state index contributed by atoms with van der Waals surface area (Å²) in [5.41, 5.74) is 0.333. The molecule has 0 spiro atoms. The molecule has 134 valence electrons. The normalized spacial score (nSPS) is 11.6. The summed E-state index contributed by atoms with van der Waals surface area (Å²) in [5.74, 6) is -0.105. The van der Waals surface area contributed by atoms with Crippen LogP contribution in [0.15, 0.2) is 40.3 Å². The standard InChI is InChI=1S/C15H13Cl2FN2O4S/c1-23-14-9(7-12(16)15(24-2)13(14)17)8-19-20-25(21,22)11-5-3-10(18)4-6-11/h3-8,20H,1-2H3/b19-8+. The Labute approximate surface area is 154 Å². The Balaban J connectivity index is 2.29. The van der Waals surface area contributed by atoms with E-state index in [0.29, 0.717) is 5.56 Å². The van der Waals surface area contributed by atoms with Crippen molar-refractivity contribution in [2.75, 3.05) is 14.2 Å². The third kappa shape index (κ3) is 4.33. The number of ether oxygens (including phenoxy) is 2. The highest BCUT2D eigenvalue weighted by molar-refractivity contribution is 7.89. The van der Waals surface area contributed by atoms with Crippen LogP contribution in [0.5, 0.6) is 11.5 Å². The van der Waals surface area contributed by atoms with Crippen molar-refractivity contribution in [2.45, 2.75) is 4.90 Å². The topological polar surface area (TPSA) is 77.0 Å². The van der Waals surface area contributed by atoms with E-state index < -0.39 is 15.8 Å². The first-order chi connectivity index (χ1) is 11.8. The lowest BCUT2D eigenvalue weighted by Gasteiger charge is -2.12. The maximum absolute atomic E-state index is 12.9. The molecule has 2 aromatic carbocycles. The summed E-state index contributed by atoms with van der Waals surface area (Å²) in [6, 6.07) is 5.76. The minimum Gasteiger partial charge on any atom is -0.494 e. The smallest absolute Gasteiger partial charge is 0.276 e. The van der Waals surface area contributed by atoms with Gasteiger partial charge in [0.15, 0.2) is 5.75 Å². The fourth-order valence-electron chi connectivity index (χ4n) is 1.92. The molecule has 2 aromatic rings. The summed E-state index contributed by atoms with van der Waals surface area (Å²) in [6.07, 6.45) is 1.18. The van der Waals surface area contributed by atoms with Crippen LogP contribution >= 0.6 is 23.2 Å². The van der Waals surface area contributed by atoms with Crippen LogP contribution in [0.3, 0.4) is 0 Å². The molecular weight excluding hydrogens is 394 g/mol. The van der Waals surface area contributed by atoms with Gasteiger partial charge in [-0.1, -0.05) is 23.2 Å². The Morgan fingerprint density at radius 3 is 2.28 bits per heavy atom. The third-order valence-electron chi connectivity index (χ3n) is 3.07. The molecule has 0 fully saturated rings. The van der Waals surface area contributed by atoms with Crippen LogP contribution in [0.25, 0.3) is 0 Å². The molecule has 0 aliphatic carbocycles. The molecule has 25 heavy (non-hydrogen) atoms. The molecule has 0 bridgehead atoms. The summed E-state index contributed by atoms with van der Waals surface area (Å²) in [5, 5.41) is 3.99. The van der Waals surface area contributed by atoms with Crippen LogP contribution in [-0.4, -0.2) is 28.9 Å². The minimum absolute atomic E-state index is 0.125. The summed E-state index contributed by atoms with van der Waals surface area (Å²) in [7, 11) is -1.16. The Morgan fingerprint density at radius 2 is 1.72 bits per heavy atom. The zero-order valence-electron chi connectivity index (χ0n) is 13.1. The summed E-state index contributed by atoms with van der Waals surface area (Å²) in [4.78, 5) is 1.87. The quantitative estimate of drug-likeness (QED) is 0.588. The highest BCUT2D eigenvalue weighted by Crippen LogP contribution is 2.41. The van der Waals surface area contributed by atoms with Gasteiger partial charge >= 0.3 is 0 Å². The Bertz CT molecular complexity index is 903. The second kappa shape index (κ2) is 7.90. The van der Waals surface area contributed by atoms with Gasteiger partial charge in [0.2, 0.25) is 0 Å². The number of hydrazone groups is 1.